The second kappa shape index (κ2) is 5.54. The van der Waals surface area contributed by atoms with E-state index in [1.807, 2.05) is 35.2 Å². The number of fused-ring (bicyclic) bond motifs is 1. The highest BCUT2D eigenvalue weighted by atomic mass is 79.9. The number of rotatable bonds is 1. The Bertz CT molecular complexity index is 648. The van der Waals surface area contributed by atoms with Gasteiger partial charge in [0.2, 0.25) is 0 Å². The lowest BCUT2D eigenvalue weighted by molar-refractivity contribution is 0.0664. The molecule has 0 aliphatic carbocycles. The lowest BCUT2D eigenvalue weighted by atomic mass is 10.1. The van der Waals surface area contributed by atoms with Crippen molar-refractivity contribution in [1.29, 1.82) is 0 Å². The van der Waals surface area contributed by atoms with Crippen molar-refractivity contribution < 1.29 is 4.79 Å². The SMILES string of the molecule is CN1CCN(C(=O)c2ccc3cc(Br)ccc3c2)CC1. The van der Waals surface area contributed by atoms with Crippen LogP contribution in [0.1, 0.15) is 10.4 Å². The topological polar surface area (TPSA) is 23.6 Å². The Morgan fingerprint density at radius 1 is 1.00 bits per heavy atom. The number of carbonyl (C=O) groups excluding carboxylic acids is 1. The van der Waals surface area contributed by atoms with E-state index in [4.69, 9.17) is 0 Å². The molecule has 0 saturated carbocycles. The largest absolute Gasteiger partial charge is 0.336 e. The van der Waals surface area contributed by atoms with Gasteiger partial charge in [-0.25, -0.2) is 0 Å². The van der Waals surface area contributed by atoms with Crippen molar-refractivity contribution >= 4 is 32.6 Å². The van der Waals surface area contributed by atoms with Crippen LogP contribution >= 0.6 is 15.9 Å². The predicted molar refractivity (Wildman–Crippen MR) is 85.0 cm³/mol. The third-order valence-electron chi connectivity index (χ3n) is 3.84. The molecule has 2 aromatic carbocycles. The van der Waals surface area contributed by atoms with Gasteiger partial charge in [0, 0.05) is 36.2 Å². The first-order valence-electron chi connectivity index (χ1n) is 6.80. The fraction of sp³-hybridized carbons (Fsp3) is 0.312. The Morgan fingerprint density at radius 2 is 1.65 bits per heavy atom. The van der Waals surface area contributed by atoms with Crippen LogP contribution in [-0.4, -0.2) is 48.9 Å². The Balaban J connectivity index is 1.86. The first-order chi connectivity index (χ1) is 9.63. The Morgan fingerprint density at radius 3 is 2.40 bits per heavy atom. The van der Waals surface area contributed by atoms with E-state index in [1.165, 1.54) is 0 Å². The third kappa shape index (κ3) is 2.72. The zero-order valence-corrected chi connectivity index (χ0v) is 13.1. The number of benzene rings is 2. The standard InChI is InChI=1S/C16H17BrN2O/c1-18-6-8-19(9-7-18)16(20)14-3-2-13-11-15(17)5-4-12(13)10-14/h2-5,10-11H,6-9H2,1H3. The van der Waals surface area contributed by atoms with Crippen molar-refractivity contribution in [2.24, 2.45) is 0 Å². The minimum atomic E-state index is 0.142. The van der Waals surface area contributed by atoms with Gasteiger partial charge in [0.1, 0.15) is 0 Å². The average molecular weight is 333 g/mol. The van der Waals surface area contributed by atoms with Crippen LogP contribution in [0.4, 0.5) is 0 Å². The summed E-state index contributed by atoms with van der Waals surface area (Å²) in [5.74, 6) is 0.142. The van der Waals surface area contributed by atoms with Crippen LogP contribution in [0.15, 0.2) is 40.9 Å². The molecule has 0 unspecified atom stereocenters. The summed E-state index contributed by atoms with van der Waals surface area (Å²) in [6.45, 7) is 3.53. The van der Waals surface area contributed by atoms with Crippen LogP contribution in [-0.2, 0) is 0 Å². The quantitative estimate of drug-likeness (QED) is 0.801. The fourth-order valence-corrected chi connectivity index (χ4v) is 2.92. The van der Waals surface area contributed by atoms with Gasteiger partial charge < -0.3 is 9.80 Å². The molecule has 1 aliphatic heterocycles. The summed E-state index contributed by atoms with van der Waals surface area (Å²) >= 11 is 3.47. The maximum Gasteiger partial charge on any atom is 0.253 e. The summed E-state index contributed by atoms with van der Waals surface area (Å²) < 4.78 is 1.06. The molecule has 0 spiro atoms. The normalized spacial score (nSPS) is 16.6. The van der Waals surface area contributed by atoms with Gasteiger partial charge >= 0.3 is 0 Å². The predicted octanol–water partition coefficient (Wildman–Crippen LogP) is 2.99. The first-order valence-corrected chi connectivity index (χ1v) is 7.60. The highest BCUT2D eigenvalue weighted by Gasteiger charge is 2.20. The number of nitrogens with zero attached hydrogens (tertiary/aromatic N) is 2. The summed E-state index contributed by atoms with van der Waals surface area (Å²) in [5.41, 5.74) is 0.782. The fourth-order valence-electron chi connectivity index (χ4n) is 2.54. The molecule has 2 aromatic rings. The number of hydrogen-bond acceptors (Lipinski definition) is 2. The number of amides is 1. The molecule has 0 N–H and O–H groups in total. The summed E-state index contributed by atoms with van der Waals surface area (Å²) in [6.07, 6.45) is 0. The molecule has 3 rings (SSSR count). The first kappa shape index (κ1) is 13.6. The summed E-state index contributed by atoms with van der Waals surface area (Å²) in [4.78, 5) is 16.7. The van der Waals surface area contributed by atoms with Crippen molar-refractivity contribution in [3.63, 3.8) is 0 Å². The van der Waals surface area contributed by atoms with E-state index in [0.717, 1.165) is 47.0 Å². The van der Waals surface area contributed by atoms with E-state index in [9.17, 15) is 4.79 Å². The highest BCUT2D eigenvalue weighted by Crippen LogP contribution is 2.21. The highest BCUT2D eigenvalue weighted by molar-refractivity contribution is 9.10. The Labute approximate surface area is 127 Å². The van der Waals surface area contributed by atoms with Gasteiger partial charge in [-0.15, -0.1) is 0 Å². The van der Waals surface area contributed by atoms with Crippen LogP contribution < -0.4 is 0 Å². The molecule has 20 heavy (non-hydrogen) atoms. The number of piperazine rings is 1. The third-order valence-corrected chi connectivity index (χ3v) is 4.33. The smallest absolute Gasteiger partial charge is 0.253 e. The molecular weight excluding hydrogens is 316 g/mol. The monoisotopic (exact) mass is 332 g/mol. The lowest BCUT2D eigenvalue weighted by Crippen LogP contribution is -2.47. The molecule has 1 amide bonds. The Kier molecular flexibility index (Phi) is 3.76. The van der Waals surface area contributed by atoms with Crippen LogP contribution in [0.3, 0.4) is 0 Å². The van der Waals surface area contributed by atoms with Gasteiger partial charge in [-0.2, -0.15) is 0 Å². The van der Waals surface area contributed by atoms with E-state index < -0.39 is 0 Å². The minimum Gasteiger partial charge on any atom is -0.336 e. The van der Waals surface area contributed by atoms with E-state index in [1.54, 1.807) is 0 Å². The molecule has 3 nitrogen and oxygen atoms in total. The molecule has 0 bridgehead atoms. The second-order valence-corrected chi connectivity index (χ2v) is 6.22. The van der Waals surface area contributed by atoms with Gasteiger partial charge in [-0.05, 0) is 42.1 Å². The summed E-state index contributed by atoms with van der Waals surface area (Å²) in [6, 6.07) is 12.0. The molecule has 4 heteroatoms. The van der Waals surface area contributed by atoms with Gasteiger partial charge in [0.25, 0.3) is 5.91 Å². The van der Waals surface area contributed by atoms with E-state index >= 15 is 0 Å². The molecule has 0 aromatic heterocycles. The van der Waals surface area contributed by atoms with Crippen molar-refractivity contribution in [2.75, 3.05) is 33.2 Å². The van der Waals surface area contributed by atoms with Crippen molar-refractivity contribution in [3.05, 3.63) is 46.4 Å². The van der Waals surface area contributed by atoms with E-state index in [-0.39, 0.29) is 5.91 Å². The number of halogens is 1. The van der Waals surface area contributed by atoms with Gasteiger partial charge in [-0.1, -0.05) is 28.1 Å². The maximum absolute atomic E-state index is 12.5. The van der Waals surface area contributed by atoms with Gasteiger partial charge in [0.05, 0.1) is 0 Å². The number of hydrogen-bond donors (Lipinski definition) is 0. The lowest BCUT2D eigenvalue weighted by Gasteiger charge is -2.32. The van der Waals surface area contributed by atoms with Crippen molar-refractivity contribution in [1.82, 2.24) is 9.80 Å². The molecule has 0 atom stereocenters. The van der Waals surface area contributed by atoms with Crippen molar-refractivity contribution in [2.45, 2.75) is 0 Å². The maximum atomic E-state index is 12.5. The molecule has 104 valence electrons. The second-order valence-electron chi connectivity index (χ2n) is 5.30. The van der Waals surface area contributed by atoms with Crippen LogP contribution in [0.25, 0.3) is 10.8 Å². The molecule has 1 fully saturated rings. The van der Waals surface area contributed by atoms with Crippen LogP contribution in [0, 0.1) is 0 Å². The van der Waals surface area contributed by atoms with Crippen LogP contribution in [0.5, 0.6) is 0 Å². The van der Waals surface area contributed by atoms with E-state index in [2.05, 4.69) is 33.9 Å². The van der Waals surface area contributed by atoms with Gasteiger partial charge in [0.15, 0.2) is 0 Å². The van der Waals surface area contributed by atoms with E-state index in [0.29, 0.717) is 0 Å². The summed E-state index contributed by atoms with van der Waals surface area (Å²) in [7, 11) is 2.09. The molecule has 1 heterocycles. The van der Waals surface area contributed by atoms with Gasteiger partial charge in [-0.3, -0.25) is 4.79 Å². The number of likely N-dealkylation sites (N-methyl/N-ethyl adjacent to an activating group) is 1. The van der Waals surface area contributed by atoms with Crippen LogP contribution in [0.2, 0.25) is 0 Å². The average Bonchev–Trinajstić information content (AvgIpc) is 2.47. The molecule has 0 radical (unpaired) electrons. The number of carbonyl (C=O) groups is 1. The van der Waals surface area contributed by atoms with Crippen molar-refractivity contribution in [3.8, 4) is 0 Å². The minimum absolute atomic E-state index is 0.142. The Hall–Kier alpha value is -1.39. The molecule has 1 saturated heterocycles. The zero-order chi connectivity index (χ0) is 14.1. The molecular formula is C16H17BrN2O. The summed E-state index contributed by atoms with van der Waals surface area (Å²) in [5, 5.41) is 2.25. The molecule has 1 aliphatic rings. The zero-order valence-electron chi connectivity index (χ0n) is 11.5.